The van der Waals surface area contributed by atoms with Gasteiger partial charge in [-0.3, -0.25) is 10.1 Å². The number of urea groups is 1. The highest BCUT2D eigenvalue weighted by atomic mass is 32.2. The molecule has 2 N–H and O–H groups in total. The molecule has 1 aromatic carbocycles. The minimum Gasteiger partial charge on any atom is -0.329 e. The normalized spacial score (nSPS) is 11.2. The lowest BCUT2D eigenvalue weighted by Crippen LogP contribution is -2.43. The zero-order chi connectivity index (χ0) is 18.4. The number of halogens is 3. The third-order valence-corrected chi connectivity index (χ3v) is 3.74. The monoisotopic (exact) mass is 374 g/mol. The van der Waals surface area contributed by atoms with Crippen molar-refractivity contribution in [3.63, 3.8) is 0 Å². The van der Waals surface area contributed by atoms with Crippen LogP contribution in [-0.2, 0) is 4.79 Å². The van der Waals surface area contributed by atoms with Gasteiger partial charge in [-0.1, -0.05) is 30.0 Å². The minimum atomic E-state index is -4.55. The van der Waals surface area contributed by atoms with Gasteiger partial charge < -0.3 is 5.32 Å². The van der Waals surface area contributed by atoms with Crippen molar-refractivity contribution in [1.29, 1.82) is 0 Å². The first kappa shape index (κ1) is 18.7. The number of rotatable bonds is 5. The van der Waals surface area contributed by atoms with Crippen molar-refractivity contribution in [3.05, 3.63) is 29.8 Å². The van der Waals surface area contributed by atoms with Crippen LogP contribution < -0.4 is 10.6 Å². The molecular formula is C13H13F3N6O2S. The van der Waals surface area contributed by atoms with Crippen molar-refractivity contribution < 1.29 is 22.8 Å². The summed E-state index contributed by atoms with van der Waals surface area (Å²) < 4.78 is 37.3. The largest absolute Gasteiger partial charge is 0.405 e. The maximum atomic E-state index is 12.0. The molecule has 134 valence electrons. The van der Waals surface area contributed by atoms with E-state index in [9.17, 15) is 22.8 Å². The third kappa shape index (κ3) is 5.74. The van der Waals surface area contributed by atoms with E-state index >= 15 is 0 Å². The number of carbonyl (C=O) groups is 2. The van der Waals surface area contributed by atoms with E-state index < -0.39 is 24.7 Å². The van der Waals surface area contributed by atoms with E-state index in [-0.39, 0.29) is 5.75 Å². The first-order valence-corrected chi connectivity index (χ1v) is 7.86. The maximum Gasteiger partial charge on any atom is 0.405 e. The molecule has 12 heteroatoms. The number of aromatic nitrogens is 4. The highest BCUT2D eigenvalue weighted by molar-refractivity contribution is 7.99. The molecular weight excluding hydrogens is 361 g/mol. The zero-order valence-electron chi connectivity index (χ0n) is 12.9. The summed E-state index contributed by atoms with van der Waals surface area (Å²) in [6.45, 7) is 0.341. The number of nitrogens with one attached hydrogen (secondary N) is 2. The molecule has 0 fully saturated rings. The van der Waals surface area contributed by atoms with Crippen molar-refractivity contribution >= 4 is 23.7 Å². The highest BCUT2D eigenvalue weighted by Crippen LogP contribution is 2.20. The van der Waals surface area contributed by atoms with Crippen LogP contribution in [0.3, 0.4) is 0 Å². The summed E-state index contributed by atoms with van der Waals surface area (Å²) in [4.78, 5) is 22.8. The van der Waals surface area contributed by atoms with E-state index in [4.69, 9.17) is 0 Å². The molecule has 0 saturated heterocycles. The second-order valence-corrected chi connectivity index (χ2v) is 5.74. The van der Waals surface area contributed by atoms with Crippen molar-refractivity contribution in [2.75, 3.05) is 12.3 Å². The molecule has 2 aromatic rings. The van der Waals surface area contributed by atoms with Crippen molar-refractivity contribution in [2.24, 2.45) is 0 Å². The third-order valence-electron chi connectivity index (χ3n) is 2.82. The Hall–Kier alpha value is -2.63. The SMILES string of the molecule is Cc1ccccc1-n1nnnc1SCC(=O)NC(=O)NCC(F)(F)F. The first-order valence-electron chi connectivity index (χ1n) is 6.88. The van der Waals surface area contributed by atoms with Gasteiger partial charge in [0.15, 0.2) is 0 Å². The fourth-order valence-corrected chi connectivity index (χ4v) is 2.42. The van der Waals surface area contributed by atoms with Crippen molar-refractivity contribution in [1.82, 2.24) is 30.8 Å². The molecule has 25 heavy (non-hydrogen) atoms. The maximum absolute atomic E-state index is 12.0. The molecule has 1 aromatic heterocycles. The number of thioether (sulfide) groups is 1. The molecule has 0 aliphatic rings. The lowest BCUT2D eigenvalue weighted by atomic mass is 10.2. The van der Waals surface area contributed by atoms with E-state index in [0.717, 1.165) is 23.0 Å². The average Bonchev–Trinajstić information content (AvgIpc) is 2.99. The highest BCUT2D eigenvalue weighted by Gasteiger charge is 2.28. The molecule has 0 bridgehead atoms. The second kappa shape index (κ2) is 7.96. The van der Waals surface area contributed by atoms with Gasteiger partial charge in [0.05, 0.1) is 11.4 Å². The molecule has 0 aliphatic heterocycles. The average molecular weight is 374 g/mol. The number of aryl methyl sites for hydroxylation is 1. The standard InChI is InChI=1S/C13H13F3N6O2S/c1-8-4-2-3-5-9(8)22-12(19-20-21-22)25-6-10(23)18-11(24)17-7-13(14,15)16/h2-5H,6-7H2,1H3,(H2,17,18,23,24). The molecule has 0 radical (unpaired) electrons. The van der Waals surface area contributed by atoms with E-state index in [1.54, 1.807) is 22.8 Å². The number of nitrogens with zero attached hydrogens (tertiary/aromatic N) is 4. The number of alkyl halides is 3. The van der Waals surface area contributed by atoms with E-state index in [0.29, 0.717) is 5.16 Å². The molecule has 0 saturated carbocycles. The number of imide groups is 1. The molecule has 3 amide bonds. The van der Waals surface area contributed by atoms with Gasteiger partial charge in [-0.2, -0.15) is 17.9 Å². The van der Waals surface area contributed by atoms with Gasteiger partial charge in [0.2, 0.25) is 11.1 Å². The molecule has 0 aliphatic carbocycles. The number of hydrogen-bond donors (Lipinski definition) is 2. The fraction of sp³-hybridized carbons (Fsp3) is 0.308. The molecule has 2 rings (SSSR count). The summed E-state index contributed by atoms with van der Waals surface area (Å²) in [7, 11) is 0. The Balaban J connectivity index is 1.90. The summed E-state index contributed by atoms with van der Waals surface area (Å²) in [5, 5.41) is 14.8. The van der Waals surface area contributed by atoms with Crippen LogP contribution in [0.4, 0.5) is 18.0 Å². The predicted molar refractivity (Wildman–Crippen MR) is 82.2 cm³/mol. The zero-order valence-corrected chi connectivity index (χ0v) is 13.7. The second-order valence-electron chi connectivity index (χ2n) is 4.79. The summed E-state index contributed by atoms with van der Waals surface area (Å²) in [5.41, 5.74) is 1.63. The summed E-state index contributed by atoms with van der Waals surface area (Å²) in [5.74, 6) is -1.02. The number of para-hydroxylation sites is 1. The van der Waals surface area contributed by atoms with Gasteiger partial charge in [-0.25, -0.2) is 4.79 Å². The quantitative estimate of drug-likeness (QED) is 0.768. The van der Waals surface area contributed by atoms with E-state index in [1.807, 2.05) is 19.1 Å². The van der Waals surface area contributed by atoms with Crippen LogP contribution in [0.5, 0.6) is 0 Å². The minimum absolute atomic E-state index is 0.244. The van der Waals surface area contributed by atoms with Gasteiger partial charge in [-0.05, 0) is 29.0 Å². The molecule has 0 atom stereocenters. The number of hydrogen-bond acceptors (Lipinski definition) is 6. The summed E-state index contributed by atoms with van der Waals surface area (Å²) in [6, 6.07) is 6.09. The van der Waals surface area contributed by atoms with E-state index in [2.05, 4.69) is 15.5 Å². The smallest absolute Gasteiger partial charge is 0.329 e. The van der Waals surface area contributed by atoms with Crippen LogP contribution in [0.2, 0.25) is 0 Å². The Morgan fingerprint density at radius 1 is 1.28 bits per heavy atom. The lowest BCUT2D eigenvalue weighted by molar-refractivity contribution is -0.124. The van der Waals surface area contributed by atoms with Crippen LogP contribution in [0.15, 0.2) is 29.4 Å². The Morgan fingerprint density at radius 2 is 2.00 bits per heavy atom. The van der Waals surface area contributed by atoms with E-state index in [1.165, 1.54) is 4.68 Å². The van der Waals surface area contributed by atoms with Crippen LogP contribution in [0, 0.1) is 6.92 Å². The van der Waals surface area contributed by atoms with Gasteiger partial charge in [-0.15, -0.1) is 5.10 Å². The number of carbonyl (C=O) groups excluding carboxylic acids is 2. The van der Waals surface area contributed by atoms with Crippen LogP contribution in [0.25, 0.3) is 5.69 Å². The predicted octanol–water partition coefficient (Wildman–Crippen LogP) is 1.45. The first-order chi connectivity index (χ1) is 11.8. The topological polar surface area (TPSA) is 102 Å². The Bertz CT molecular complexity index is 764. The molecule has 1 heterocycles. The molecule has 0 spiro atoms. The van der Waals surface area contributed by atoms with Gasteiger partial charge in [0.1, 0.15) is 6.54 Å². The van der Waals surface area contributed by atoms with Crippen LogP contribution in [0.1, 0.15) is 5.56 Å². The van der Waals surface area contributed by atoms with Crippen molar-refractivity contribution in [2.45, 2.75) is 18.3 Å². The van der Waals surface area contributed by atoms with Crippen molar-refractivity contribution in [3.8, 4) is 5.69 Å². The fourth-order valence-electron chi connectivity index (χ4n) is 1.74. The number of amides is 3. The Kier molecular flexibility index (Phi) is 5.96. The summed E-state index contributed by atoms with van der Waals surface area (Å²) in [6.07, 6.45) is -4.55. The molecule has 0 unspecified atom stereocenters. The summed E-state index contributed by atoms with van der Waals surface area (Å²) >= 11 is 0.944. The van der Waals surface area contributed by atoms with Gasteiger partial charge >= 0.3 is 12.2 Å². The Labute approximate surface area is 144 Å². The van der Waals surface area contributed by atoms with Gasteiger partial charge in [0, 0.05) is 0 Å². The van der Waals surface area contributed by atoms with Crippen LogP contribution in [-0.4, -0.2) is 50.6 Å². The molecule has 8 nitrogen and oxygen atoms in total. The Morgan fingerprint density at radius 3 is 2.68 bits per heavy atom. The number of tetrazole rings is 1. The van der Waals surface area contributed by atoms with Crippen LogP contribution >= 0.6 is 11.8 Å². The van der Waals surface area contributed by atoms with Gasteiger partial charge in [0.25, 0.3) is 0 Å². The number of benzene rings is 1. The lowest BCUT2D eigenvalue weighted by Gasteiger charge is -2.09.